The Hall–Kier alpha value is -6.85. The van der Waals surface area contributed by atoms with Crippen molar-refractivity contribution in [2.45, 2.75) is 84.7 Å². The number of ketones is 1. The van der Waals surface area contributed by atoms with Gasteiger partial charge >= 0.3 is 0 Å². The first kappa shape index (κ1) is 45.7. The van der Waals surface area contributed by atoms with Crippen LogP contribution in [0.15, 0.2) is 76.0 Å². The highest BCUT2D eigenvalue weighted by Crippen LogP contribution is 2.41. The molecule has 1 saturated heterocycles. The lowest BCUT2D eigenvalue weighted by Gasteiger charge is -2.27. The first-order valence-electron chi connectivity index (χ1n) is 21.6. The lowest BCUT2D eigenvalue weighted by atomic mass is 9.99. The van der Waals surface area contributed by atoms with Gasteiger partial charge in [0.05, 0.1) is 35.3 Å². The zero-order valence-corrected chi connectivity index (χ0v) is 38.6. The Kier molecular flexibility index (Phi) is 13.4. The number of halogens is 1. The lowest BCUT2D eigenvalue weighted by molar-refractivity contribution is -0.136. The summed E-state index contributed by atoms with van der Waals surface area (Å²) in [5.74, 6) is -1.19. The Morgan fingerprint density at radius 2 is 1.70 bits per heavy atom. The van der Waals surface area contributed by atoms with Gasteiger partial charge in [0.1, 0.15) is 28.7 Å². The molecule has 5 amide bonds. The summed E-state index contributed by atoms with van der Waals surface area (Å²) in [6, 6.07) is 13.8. The number of hydrogen-bond donors (Lipinski definition) is 2. The van der Waals surface area contributed by atoms with Crippen molar-refractivity contribution in [1.82, 2.24) is 25.1 Å². The summed E-state index contributed by atoms with van der Waals surface area (Å²) in [7, 11) is 1.46. The van der Waals surface area contributed by atoms with Gasteiger partial charge in [-0.1, -0.05) is 30.2 Å². The summed E-state index contributed by atoms with van der Waals surface area (Å²) in [5, 5.41) is 15.3. The molecule has 2 aromatic heterocycles. The number of rotatable bonds is 16. The number of imidazole rings is 1. The third-order valence-electron chi connectivity index (χ3n) is 11.8. The molecular weight excluding hydrogens is 884 g/mol. The average Bonchev–Trinajstić information content (AvgIpc) is 3.87. The molecule has 3 aliphatic heterocycles. The maximum Gasteiger partial charge on any atom is 0.262 e. The molecule has 340 valence electrons. The molecule has 1 fully saturated rings. The smallest absolute Gasteiger partial charge is 0.262 e. The highest BCUT2D eigenvalue weighted by molar-refractivity contribution is 7.15. The van der Waals surface area contributed by atoms with Crippen molar-refractivity contribution in [2.75, 3.05) is 20.3 Å². The fourth-order valence-corrected chi connectivity index (χ4v) is 9.71. The van der Waals surface area contributed by atoms with Crippen molar-refractivity contribution in [3.63, 3.8) is 0 Å². The van der Waals surface area contributed by atoms with Gasteiger partial charge < -0.3 is 14.8 Å². The third kappa shape index (κ3) is 9.31. The van der Waals surface area contributed by atoms with Crippen LogP contribution in [-0.2, 0) is 19.2 Å². The number of hydrogen-bond acceptors (Lipinski definition) is 13. The number of Topliss-reactive ketones (excluding diaryl/α,β-unsaturated/α-hetero) is 1. The predicted molar refractivity (Wildman–Crippen MR) is 247 cm³/mol. The van der Waals surface area contributed by atoms with Gasteiger partial charge in [-0.2, -0.15) is 10.2 Å². The van der Waals surface area contributed by atoms with E-state index in [-0.39, 0.29) is 48.7 Å². The molecule has 66 heavy (non-hydrogen) atoms. The minimum atomic E-state index is -1.07. The van der Waals surface area contributed by atoms with Gasteiger partial charge in [0, 0.05) is 64.8 Å². The number of aromatic nitrogens is 2. The number of methoxy groups -OCH3 is 1. The molecule has 0 spiro atoms. The third-order valence-corrected chi connectivity index (χ3v) is 13.3. The maximum atomic E-state index is 13.5. The Morgan fingerprint density at radius 3 is 2.45 bits per heavy atom. The van der Waals surface area contributed by atoms with Gasteiger partial charge in [-0.05, 0) is 94.5 Å². The molecule has 3 aliphatic rings. The number of fused-ring (bicyclic) bond motifs is 4. The van der Waals surface area contributed by atoms with Gasteiger partial charge in [-0.3, -0.25) is 48.5 Å². The van der Waals surface area contributed by atoms with Crippen LogP contribution in [0.5, 0.6) is 11.5 Å². The van der Waals surface area contributed by atoms with E-state index in [1.54, 1.807) is 30.4 Å². The van der Waals surface area contributed by atoms with Crippen LogP contribution in [-0.4, -0.2) is 81.8 Å². The van der Waals surface area contributed by atoms with Crippen LogP contribution in [0.4, 0.5) is 11.4 Å². The first-order chi connectivity index (χ1) is 31.7. The molecule has 0 aliphatic carbocycles. The molecule has 5 heterocycles. The number of unbranched alkanes of at least 4 members (excludes halogenated alkanes) is 2. The average molecular weight is 931 g/mol. The van der Waals surface area contributed by atoms with Crippen molar-refractivity contribution in [3.05, 3.63) is 116 Å². The Bertz CT molecular complexity index is 2870. The number of carbonyl (C=O) groups is 6. The van der Waals surface area contributed by atoms with E-state index in [9.17, 15) is 28.8 Å². The summed E-state index contributed by atoms with van der Waals surface area (Å²) >= 11 is 7.95. The van der Waals surface area contributed by atoms with Crippen LogP contribution in [0.25, 0.3) is 5.00 Å². The summed E-state index contributed by atoms with van der Waals surface area (Å²) in [6.45, 7) is 8.17. The van der Waals surface area contributed by atoms with Crippen LogP contribution in [0.1, 0.15) is 110 Å². The van der Waals surface area contributed by atoms with E-state index in [1.807, 2.05) is 37.4 Å². The van der Waals surface area contributed by atoms with Crippen molar-refractivity contribution in [2.24, 2.45) is 15.2 Å². The number of benzene rings is 3. The highest BCUT2D eigenvalue weighted by atomic mass is 35.5. The minimum absolute atomic E-state index is 0.0225. The summed E-state index contributed by atoms with van der Waals surface area (Å²) in [4.78, 5) is 88.6. The van der Waals surface area contributed by atoms with Crippen molar-refractivity contribution < 1.29 is 38.2 Å². The second-order valence-corrected chi connectivity index (χ2v) is 18.1. The molecule has 2 atom stereocenters. The number of carbonyl (C=O) groups excluding carboxylic acids is 6. The van der Waals surface area contributed by atoms with Gasteiger partial charge in [0.15, 0.2) is 18.1 Å². The van der Waals surface area contributed by atoms with E-state index >= 15 is 0 Å². The molecule has 2 N–H and O–H groups in total. The topological polar surface area (TPSA) is 203 Å². The van der Waals surface area contributed by atoms with E-state index in [2.05, 4.69) is 39.3 Å². The lowest BCUT2D eigenvalue weighted by Crippen LogP contribution is -2.54. The Balaban J connectivity index is 0.810. The van der Waals surface area contributed by atoms with Gasteiger partial charge in [-0.25, -0.2) is 4.98 Å². The summed E-state index contributed by atoms with van der Waals surface area (Å²) < 4.78 is 13.6. The number of aryl methyl sites for hydroxylation is 3. The molecule has 3 aromatic carbocycles. The van der Waals surface area contributed by atoms with Crippen LogP contribution in [0.3, 0.4) is 0 Å². The predicted octanol–water partition coefficient (Wildman–Crippen LogP) is 8.25. The van der Waals surface area contributed by atoms with E-state index in [4.69, 9.17) is 31.1 Å². The second kappa shape index (κ2) is 19.3. The first-order valence-corrected chi connectivity index (χ1v) is 22.8. The summed E-state index contributed by atoms with van der Waals surface area (Å²) in [5.41, 5.74) is 6.49. The molecule has 0 bridgehead atoms. The molecule has 1 unspecified atom stereocenters. The number of amides is 5. The largest absolute Gasteiger partial charge is 0.493 e. The van der Waals surface area contributed by atoms with Gasteiger partial charge in [-0.15, -0.1) is 11.3 Å². The van der Waals surface area contributed by atoms with Gasteiger partial charge in [0.2, 0.25) is 11.8 Å². The molecule has 5 aromatic rings. The highest BCUT2D eigenvalue weighted by Gasteiger charge is 2.44. The number of nitrogens with one attached hydrogen (secondary N) is 2. The molecule has 0 saturated carbocycles. The van der Waals surface area contributed by atoms with Crippen molar-refractivity contribution >= 4 is 75.3 Å². The number of azo groups is 1. The zero-order valence-electron chi connectivity index (χ0n) is 37.0. The minimum Gasteiger partial charge on any atom is -0.493 e. The molecular formula is C48H47ClN8O8S. The number of imide groups is 2. The molecule has 18 heteroatoms. The number of aliphatic imine (C=N–C) groups is 1. The van der Waals surface area contributed by atoms with E-state index in [1.165, 1.54) is 30.2 Å². The number of ether oxygens (including phenoxy) is 2. The standard InChI is InChI=1S/C48H47ClN8O8S/c1-25-19-32(55-54-31-14-15-34-35(20-31)47(63)57(46(34)62)37-16-17-39(59)53-45(37)61)21-38(64-5)43(25)65-24-40(60)50-18-8-6-7-9-33(58)22-36-44-51-23-26(2)56(44)48-41(27(3)28(4)66-48)42(52-36)29-10-12-30(49)13-11-29/h10-15,19-21,23,36-37H,6-9,16-18,22,24H2,1-5H3,(H,50,60)(H,53,59,61)/t36-,37?/m0/s1. The van der Waals surface area contributed by atoms with Crippen molar-refractivity contribution in [3.8, 4) is 16.5 Å². The Morgan fingerprint density at radius 1 is 0.939 bits per heavy atom. The van der Waals surface area contributed by atoms with Crippen LogP contribution < -0.4 is 20.1 Å². The van der Waals surface area contributed by atoms with Crippen LogP contribution in [0.2, 0.25) is 5.02 Å². The fraction of sp³-hybridized carbons (Fsp3) is 0.333. The number of piperidine rings is 1. The zero-order chi connectivity index (χ0) is 46.8. The maximum absolute atomic E-state index is 13.5. The van der Waals surface area contributed by atoms with Crippen LogP contribution in [0, 0.1) is 27.7 Å². The fourth-order valence-electron chi connectivity index (χ4n) is 8.35. The van der Waals surface area contributed by atoms with E-state index in [0.717, 1.165) is 50.2 Å². The second-order valence-electron chi connectivity index (χ2n) is 16.4. The quantitative estimate of drug-likeness (QED) is 0.0555. The van der Waals surface area contributed by atoms with E-state index in [0.29, 0.717) is 59.3 Å². The van der Waals surface area contributed by atoms with E-state index < -0.39 is 35.7 Å². The van der Waals surface area contributed by atoms with Crippen molar-refractivity contribution in [1.29, 1.82) is 0 Å². The van der Waals surface area contributed by atoms with Gasteiger partial charge in [0.25, 0.3) is 17.7 Å². The molecule has 0 radical (unpaired) electrons. The summed E-state index contributed by atoms with van der Waals surface area (Å²) in [6.07, 6.45) is 4.60. The molecule has 16 nitrogen and oxygen atoms in total. The Labute approximate surface area is 389 Å². The SMILES string of the molecule is COc1cc(N=Nc2ccc3c(c2)C(=O)N(C2CCC(=O)NC2=O)C3=O)cc(C)c1OCC(=O)NCCCCCC(=O)C[C@@H]1N=C(c2ccc(Cl)cc2)c2c(sc(C)c2C)-n2c(C)cnc21. The number of thiophene rings is 1. The monoisotopic (exact) mass is 930 g/mol. The number of nitrogens with zero attached hydrogens (tertiary/aromatic N) is 6. The molecule has 8 rings (SSSR count). The normalized spacial score (nSPS) is 16.7. The van der Waals surface area contributed by atoms with Crippen LogP contribution >= 0.6 is 22.9 Å².